The number of nitrogens with one attached hydrogen (secondary N) is 1. The lowest BCUT2D eigenvalue weighted by molar-refractivity contribution is -0.119. The number of carbonyl (C=O) groups is 1. The molecule has 0 spiro atoms. The van der Waals surface area contributed by atoms with Gasteiger partial charge in [-0.2, -0.15) is 0 Å². The molecule has 1 aromatic carbocycles. The fourth-order valence-electron chi connectivity index (χ4n) is 1.36. The number of primary amides is 1. The van der Waals surface area contributed by atoms with Crippen LogP contribution in [0.1, 0.15) is 18.9 Å². The number of amides is 1. The van der Waals surface area contributed by atoms with Gasteiger partial charge in [0.25, 0.3) is 0 Å². The van der Waals surface area contributed by atoms with E-state index in [2.05, 4.69) is 17.4 Å². The number of aryl methyl sites for hydroxylation is 1. The third kappa shape index (κ3) is 4.61. The third-order valence-electron chi connectivity index (χ3n) is 2.36. The topological polar surface area (TPSA) is 55.1 Å². The molecule has 0 saturated carbocycles. The maximum absolute atomic E-state index is 10.7. The third-order valence-corrected chi connectivity index (χ3v) is 2.36. The molecule has 1 amide bonds. The number of hydrogen-bond donors (Lipinski definition) is 2. The van der Waals surface area contributed by atoms with E-state index in [9.17, 15) is 4.79 Å². The van der Waals surface area contributed by atoms with Crippen molar-refractivity contribution >= 4 is 5.91 Å². The van der Waals surface area contributed by atoms with E-state index in [4.69, 9.17) is 5.73 Å². The summed E-state index contributed by atoms with van der Waals surface area (Å²) < 4.78 is 0. The highest BCUT2D eigenvalue weighted by molar-refractivity contribution is 5.79. The molecule has 0 aliphatic heterocycles. The molecule has 1 unspecified atom stereocenters. The van der Waals surface area contributed by atoms with Crippen molar-refractivity contribution in [3.05, 3.63) is 35.9 Å². The molecule has 0 aliphatic carbocycles. The van der Waals surface area contributed by atoms with Crippen LogP contribution >= 0.6 is 0 Å². The van der Waals surface area contributed by atoms with E-state index in [1.807, 2.05) is 18.2 Å². The van der Waals surface area contributed by atoms with Gasteiger partial charge in [-0.1, -0.05) is 30.3 Å². The Kier molecular flexibility index (Phi) is 4.84. The van der Waals surface area contributed by atoms with Gasteiger partial charge in [0.2, 0.25) is 5.91 Å². The first-order valence-electron chi connectivity index (χ1n) is 5.27. The summed E-state index contributed by atoms with van der Waals surface area (Å²) in [5.41, 5.74) is 6.45. The molecule has 1 aromatic rings. The van der Waals surface area contributed by atoms with Crippen LogP contribution in [-0.4, -0.2) is 18.5 Å². The van der Waals surface area contributed by atoms with Crippen molar-refractivity contribution in [3.63, 3.8) is 0 Å². The molecule has 0 heterocycles. The highest BCUT2D eigenvalue weighted by Crippen LogP contribution is 2.01. The molecule has 1 atom stereocenters. The van der Waals surface area contributed by atoms with Crippen molar-refractivity contribution in [1.29, 1.82) is 0 Å². The van der Waals surface area contributed by atoms with Gasteiger partial charge >= 0.3 is 0 Å². The Morgan fingerprint density at radius 1 is 1.40 bits per heavy atom. The SMILES string of the molecule is CC(NCCCc1ccccc1)C(N)=O. The lowest BCUT2D eigenvalue weighted by atomic mass is 10.1. The summed E-state index contributed by atoms with van der Waals surface area (Å²) in [5.74, 6) is -0.297. The van der Waals surface area contributed by atoms with E-state index in [-0.39, 0.29) is 11.9 Å². The van der Waals surface area contributed by atoms with E-state index in [0.717, 1.165) is 19.4 Å². The maximum Gasteiger partial charge on any atom is 0.234 e. The molecular formula is C12H18N2O. The minimum atomic E-state index is -0.297. The van der Waals surface area contributed by atoms with Crippen molar-refractivity contribution in [2.45, 2.75) is 25.8 Å². The summed E-state index contributed by atoms with van der Waals surface area (Å²) in [6.45, 7) is 2.60. The Bertz CT molecular complexity index is 298. The minimum absolute atomic E-state index is 0.235. The van der Waals surface area contributed by atoms with Gasteiger partial charge in [0.05, 0.1) is 6.04 Å². The molecule has 0 saturated heterocycles. The predicted octanol–water partition coefficient (Wildman–Crippen LogP) is 1.08. The first kappa shape index (κ1) is 11.7. The van der Waals surface area contributed by atoms with Crippen molar-refractivity contribution in [2.24, 2.45) is 5.73 Å². The number of hydrogen-bond acceptors (Lipinski definition) is 2. The van der Waals surface area contributed by atoms with Crippen LogP contribution in [0, 0.1) is 0 Å². The minimum Gasteiger partial charge on any atom is -0.368 e. The molecule has 0 bridgehead atoms. The van der Waals surface area contributed by atoms with Crippen LogP contribution in [0.5, 0.6) is 0 Å². The Hall–Kier alpha value is -1.35. The second kappa shape index (κ2) is 6.19. The quantitative estimate of drug-likeness (QED) is 0.684. The average molecular weight is 206 g/mol. The summed E-state index contributed by atoms with van der Waals surface area (Å²) >= 11 is 0. The van der Waals surface area contributed by atoms with Crippen molar-refractivity contribution in [1.82, 2.24) is 5.32 Å². The van der Waals surface area contributed by atoms with Crippen molar-refractivity contribution < 1.29 is 4.79 Å². The first-order chi connectivity index (χ1) is 7.20. The monoisotopic (exact) mass is 206 g/mol. The smallest absolute Gasteiger partial charge is 0.234 e. The summed E-state index contributed by atoms with van der Waals surface area (Å²) in [5, 5.41) is 3.08. The lowest BCUT2D eigenvalue weighted by Gasteiger charge is -2.09. The van der Waals surface area contributed by atoms with Crippen LogP contribution in [0.2, 0.25) is 0 Å². The largest absolute Gasteiger partial charge is 0.368 e. The average Bonchev–Trinajstić information content (AvgIpc) is 2.25. The highest BCUT2D eigenvalue weighted by Gasteiger charge is 2.05. The molecule has 3 N–H and O–H groups in total. The Morgan fingerprint density at radius 3 is 2.67 bits per heavy atom. The standard InChI is InChI=1S/C12H18N2O/c1-10(12(13)15)14-9-5-8-11-6-3-2-4-7-11/h2-4,6-7,10,14H,5,8-9H2,1H3,(H2,13,15). The van der Waals surface area contributed by atoms with Gasteiger partial charge < -0.3 is 11.1 Å². The Labute approximate surface area is 90.7 Å². The Balaban J connectivity index is 2.15. The molecule has 0 aromatic heterocycles. The molecule has 1 rings (SSSR count). The van der Waals surface area contributed by atoms with Gasteiger partial charge in [0, 0.05) is 0 Å². The van der Waals surface area contributed by atoms with Crippen molar-refractivity contribution in [3.8, 4) is 0 Å². The van der Waals surface area contributed by atoms with E-state index in [0.29, 0.717) is 0 Å². The van der Waals surface area contributed by atoms with Gasteiger partial charge in [-0.15, -0.1) is 0 Å². The molecule has 82 valence electrons. The van der Waals surface area contributed by atoms with Crippen LogP contribution in [-0.2, 0) is 11.2 Å². The lowest BCUT2D eigenvalue weighted by Crippen LogP contribution is -2.39. The van der Waals surface area contributed by atoms with Crippen LogP contribution < -0.4 is 11.1 Å². The number of rotatable bonds is 6. The zero-order valence-corrected chi connectivity index (χ0v) is 9.07. The molecule has 3 nitrogen and oxygen atoms in total. The molecular weight excluding hydrogens is 188 g/mol. The molecule has 3 heteroatoms. The molecule has 15 heavy (non-hydrogen) atoms. The molecule has 0 fully saturated rings. The van der Waals surface area contributed by atoms with Crippen LogP contribution in [0.15, 0.2) is 30.3 Å². The molecule has 0 radical (unpaired) electrons. The van der Waals surface area contributed by atoms with Crippen LogP contribution in [0.4, 0.5) is 0 Å². The zero-order valence-electron chi connectivity index (χ0n) is 9.07. The van der Waals surface area contributed by atoms with E-state index in [1.165, 1.54) is 5.56 Å². The normalized spacial score (nSPS) is 12.3. The fraction of sp³-hybridized carbons (Fsp3) is 0.417. The fourth-order valence-corrected chi connectivity index (χ4v) is 1.36. The second-order valence-electron chi connectivity index (χ2n) is 3.67. The van der Waals surface area contributed by atoms with E-state index < -0.39 is 0 Å². The van der Waals surface area contributed by atoms with Gasteiger partial charge in [0.1, 0.15) is 0 Å². The highest BCUT2D eigenvalue weighted by atomic mass is 16.1. The number of benzene rings is 1. The maximum atomic E-state index is 10.7. The van der Waals surface area contributed by atoms with Gasteiger partial charge in [-0.3, -0.25) is 4.79 Å². The summed E-state index contributed by atoms with van der Waals surface area (Å²) in [6.07, 6.45) is 2.04. The number of nitrogens with two attached hydrogens (primary N) is 1. The number of carbonyl (C=O) groups excluding carboxylic acids is 1. The first-order valence-corrected chi connectivity index (χ1v) is 5.27. The second-order valence-corrected chi connectivity index (χ2v) is 3.67. The van der Waals surface area contributed by atoms with Gasteiger partial charge in [-0.05, 0) is 31.9 Å². The van der Waals surface area contributed by atoms with Crippen LogP contribution in [0.25, 0.3) is 0 Å². The van der Waals surface area contributed by atoms with Crippen molar-refractivity contribution in [2.75, 3.05) is 6.54 Å². The zero-order chi connectivity index (χ0) is 11.1. The molecule has 0 aliphatic rings. The predicted molar refractivity (Wildman–Crippen MR) is 61.4 cm³/mol. The summed E-state index contributed by atoms with van der Waals surface area (Å²) in [4.78, 5) is 10.7. The van der Waals surface area contributed by atoms with Gasteiger partial charge in [0.15, 0.2) is 0 Å². The van der Waals surface area contributed by atoms with Crippen LogP contribution in [0.3, 0.4) is 0 Å². The Morgan fingerprint density at radius 2 is 2.07 bits per heavy atom. The van der Waals surface area contributed by atoms with E-state index >= 15 is 0 Å². The van der Waals surface area contributed by atoms with E-state index in [1.54, 1.807) is 6.92 Å². The summed E-state index contributed by atoms with van der Waals surface area (Å²) in [7, 11) is 0. The summed E-state index contributed by atoms with van der Waals surface area (Å²) in [6, 6.07) is 10.1. The van der Waals surface area contributed by atoms with Gasteiger partial charge in [-0.25, -0.2) is 0 Å².